The van der Waals surface area contributed by atoms with E-state index < -0.39 is 0 Å². The zero-order valence-corrected chi connectivity index (χ0v) is 20.6. The number of nitrogens with zero attached hydrogens (tertiary/aromatic N) is 3. The standard InChI is InChI=1S/C20H31N5OS.HI/c1-6-21-20(23-14-19-24-15(2)16(3)27-19)22-13-17-9-7-8-10-18(17)26-12-11-25(4)5;/h7-10H,6,11-14H2,1-5H3,(H2,21,22,23);1H. The van der Waals surface area contributed by atoms with Crippen LogP contribution in [0.25, 0.3) is 0 Å². The zero-order valence-electron chi connectivity index (χ0n) is 17.4. The Labute approximate surface area is 189 Å². The van der Waals surface area contributed by atoms with Crippen molar-refractivity contribution in [2.24, 2.45) is 4.99 Å². The molecule has 0 fully saturated rings. The summed E-state index contributed by atoms with van der Waals surface area (Å²) in [5.74, 6) is 1.68. The molecule has 2 rings (SSSR count). The van der Waals surface area contributed by atoms with Crippen molar-refractivity contribution in [1.29, 1.82) is 0 Å². The number of aromatic nitrogens is 1. The van der Waals surface area contributed by atoms with Crippen molar-refractivity contribution >= 4 is 41.3 Å². The van der Waals surface area contributed by atoms with Crippen molar-refractivity contribution in [3.05, 3.63) is 45.4 Å². The molecule has 28 heavy (non-hydrogen) atoms. The first-order valence-corrected chi connectivity index (χ1v) is 10.1. The van der Waals surface area contributed by atoms with E-state index in [9.17, 15) is 0 Å². The molecule has 8 heteroatoms. The van der Waals surface area contributed by atoms with Crippen LogP contribution in [-0.4, -0.2) is 49.6 Å². The van der Waals surface area contributed by atoms with Crippen LogP contribution in [-0.2, 0) is 13.1 Å². The number of benzene rings is 1. The van der Waals surface area contributed by atoms with Crippen LogP contribution in [0.15, 0.2) is 29.3 Å². The molecule has 0 saturated carbocycles. The van der Waals surface area contributed by atoms with Crippen molar-refractivity contribution in [3.8, 4) is 5.75 Å². The Bertz CT molecular complexity index is 728. The Morgan fingerprint density at radius 3 is 2.61 bits per heavy atom. The van der Waals surface area contributed by atoms with Gasteiger partial charge < -0.3 is 20.3 Å². The summed E-state index contributed by atoms with van der Waals surface area (Å²) in [5, 5.41) is 7.73. The van der Waals surface area contributed by atoms with Gasteiger partial charge >= 0.3 is 0 Å². The van der Waals surface area contributed by atoms with Gasteiger partial charge in [0.2, 0.25) is 0 Å². The summed E-state index contributed by atoms with van der Waals surface area (Å²) in [6.45, 7) is 9.79. The Balaban J connectivity index is 0.00000392. The number of hydrogen-bond donors (Lipinski definition) is 2. The number of ether oxygens (including phenoxy) is 1. The molecule has 1 aromatic heterocycles. The third kappa shape index (κ3) is 8.32. The zero-order chi connectivity index (χ0) is 19.6. The van der Waals surface area contributed by atoms with Crippen LogP contribution in [0.4, 0.5) is 0 Å². The van der Waals surface area contributed by atoms with E-state index >= 15 is 0 Å². The van der Waals surface area contributed by atoms with Gasteiger partial charge in [0, 0.05) is 23.5 Å². The molecule has 156 valence electrons. The Kier molecular flexibility index (Phi) is 11.4. The number of guanidine groups is 1. The second-order valence-corrected chi connectivity index (χ2v) is 7.85. The van der Waals surface area contributed by atoms with Crippen molar-refractivity contribution in [2.45, 2.75) is 33.9 Å². The predicted octanol–water partition coefficient (Wildman–Crippen LogP) is 3.57. The lowest BCUT2D eigenvalue weighted by Crippen LogP contribution is -2.36. The molecule has 0 radical (unpaired) electrons. The van der Waals surface area contributed by atoms with Gasteiger partial charge in [-0.3, -0.25) is 0 Å². The lowest BCUT2D eigenvalue weighted by Gasteiger charge is -2.14. The molecule has 0 atom stereocenters. The molecule has 0 bridgehead atoms. The van der Waals surface area contributed by atoms with Gasteiger partial charge in [-0.2, -0.15) is 0 Å². The topological polar surface area (TPSA) is 61.8 Å². The third-order valence-electron chi connectivity index (χ3n) is 4.00. The van der Waals surface area contributed by atoms with Gasteiger partial charge in [-0.1, -0.05) is 18.2 Å². The van der Waals surface area contributed by atoms with Crippen LogP contribution in [0.3, 0.4) is 0 Å². The predicted molar refractivity (Wildman–Crippen MR) is 129 cm³/mol. The van der Waals surface area contributed by atoms with Crippen LogP contribution in [0.2, 0.25) is 0 Å². The van der Waals surface area contributed by atoms with Gasteiger partial charge in [0.05, 0.1) is 18.8 Å². The number of thiazole rings is 1. The monoisotopic (exact) mass is 517 g/mol. The highest BCUT2D eigenvalue weighted by atomic mass is 127. The first-order chi connectivity index (χ1) is 13.0. The summed E-state index contributed by atoms with van der Waals surface area (Å²) in [5.41, 5.74) is 2.18. The molecule has 6 nitrogen and oxygen atoms in total. The number of rotatable bonds is 9. The average molecular weight is 517 g/mol. The highest BCUT2D eigenvalue weighted by molar-refractivity contribution is 14.0. The van der Waals surface area contributed by atoms with Gasteiger partial charge in [-0.05, 0) is 40.9 Å². The fourth-order valence-corrected chi connectivity index (χ4v) is 3.27. The maximum Gasteiger partial charge on any atom is 0.191 e. The smallest absolute Gasteiger partial charge is 0.191 e. The van der Waals surface area contributed by atoms with Crippen molar-refractivity contribution < 1.29 is 4.74 Å². The molecule has 0 unspecified atom stereocenters. The van der Waals surface area contributed by atoms with Gasteiger partial charge in [-0.15, -0.1) is 35.3 Å². The minimum absolute atomic E-state index is 0. The first kappa shape index (κ1) is 24.6. The molecule has 1 aromatic carbocycles. The maximum atomic E-state index is 5.93. The van der Waals surface area contributed by atoms with Crippen LogP contribution < -0.4 is 15.4 Å². The van der Waals surface area contributed by atoms with E-state index in [0.29, 0.717) is 19.7 Å². The van der Waals surface area contributed by atoms with Crippen molar-refractivity contribution in [3.63, 3.8) is 0 Å². The lowest BCUT2D eigenvalue weighted by molar-refractivity contribution is 0.259. The largest absolute Gasteiger partial charge is 0.492 e. The molecule has 2 aromatic rings. The highest BCUT2D eigenvalue weighted by Crippen LogP contribution is 2.19. The molecule has 0 saturated heterocycles. The molecule has 0 aliphatic carbocycles. The number of nitrogens with one attached hydrogen (secondary N) is 2. The summed E-state index contributed by atoms with van der Waals surface area (Å²) < 4.78 is 5.93. The molecule has 1 heterocycles. The SMILES string of the molecule is CCNC(=NCc1ccccc1OCCN(C)C)NCc1nc(C)c(C)s1.I. The van der Waals surface area contributed by atoms with Gasteiger partial charge in [0.25, 0.3) is 0 Å². The molecule has 0 aliphatic rings. The molecular weight excluding hydrogens is 485 g/mol. The Hall–Kier alpha value is -1.39. The Morgan fingerprint density at radius 1 is 1.21 bits per heavy atom. The van der Waals surface area contributed by atoms with Crippen molar-refractivity contribution in [2.75, 3.05) is 33.8 Å². The lowest BCUT2D eigenvalue weighted by atomic mass is 10.2. The van der Waals surface area contributed by atoms with Crippen LogP contribution in [0, 0.1) is 13.8 Å². The van der Waals surface area contributed by atoms with E-state index in [1.807, 2.05) is 39.2 Å². The second-order valence-electron chi connectivity index (χ2n) is 6.56. The second kappa shape index (κ2) is 12.9. The van der Waals surface area contributed by atoms with E-state index in [2.05, 4.69) is 40.4 Å². The van der Waals surface area contributed by atoms with Crippen molar-refractivity contribution in [1.82, 2.24) is 20.5 Å². The number of halogens is 1. The molecule has 0 aliphatic heterocycles. The molecule has 2 N–H and O–H groups in total. The summed E-state index contributed by atoms with van der Waals surface area (Å²) in [6.07, 6.45) is 0. The van der Waals surface area contributed by atoms with E-state index in [1.165, 1.54) is 4.88 Å². The minimum atomic E-state index is 0. The fraction of sp³-hybridized carbons (Fsp3) is 0.500. The molecule has 0 amide bonds. The molecule has 0 spiro atoms. The van der Waals surface area contributed by atoms with Gasteiger partial charge in [0.1, 0.15) is 17.4 Å². The average Bonchev–Trinajstić information content (AvgIpc) is 2.96. The van der Waals surface area contributed by atoms with Gasteiger partial charge in [0.15, 0.2) is 5.96 Å². The maximum absolute atomic E-state index is 5.93. The summed E-state index contributed by atoms with van der Waals surface area (Å²) in [7, 11) is 4.08. The number of hydrogen-bond acceptors (Lipinski definition) is 5. The summed E-state index contributed by atoms with van der Waals surface area (Å²) in [4.78, 5) is 12.7. The van der Waals surface area contributed by atoms with Crippen LogP contribution in [0.1, 0.15) is 28.1 Å². The quantitative estimate of drug-likeness (QED) is 0.303. The van der Waals surface area contributed by atoms with Crippen LogP contribution in [0.5, 0.6) is 5.75 Å². The normalized spacial score (nSPS) is 11.3. The number of aliphatic imine (C=N–C) groups is 1. The summed E-state index contributed by atoms with van der Waals surface area (Å²) in [6, 6.07) is 8.08. The minimum Gasteiger partial charge on any atom is -0.492 e. The van der Waals surface area contributed by atoms with Gasteiger partial charge in [-0.25, -0.2) is 9.98 Å². The first-order valence-electron chi connectivity index (χ1n) is 9.30. The number of aryl methyl sites for hydroxylation is 2. The highest BCUT2D eigenvalue weighted by Gasteiger charge is 2.06. The van der Waals surface area contributed by atoms with Crippen LogP contribution >= 0.6 is 35.3 Å². The summed E-state index contributed by atoms with van der Waals surface area (Å²) >= 11 is 1.72. The third-order valence-corrected chi connectivity index (χ3v) is 5.07. The van der Waals surface area contributed by atoms with E-state index in [-0.39, 0.29) is 24.0 Å². The number of likely N-dealkylation sites (N-methyl/N-ethyl adjacent to an activating group) is 1. The van der Waals surface area contributed by atoms with E-state index in [0.717, 1.165) is 41.1 Å². The van der Waals surface area contributed by atoms with E-state index in [1.54, 1.807) is 11.3 Å². The molecular formula is C20H32IN5OS. The van der Waals surface area contributed by atoms with E-state index in [4.69, 9.17) is 9.73 Å². The fourth-order valence-electron chi connectivity index (χ4n) is 2.39. The Morgan fingerprint density at radius 2 is 1.96 bits per heavy atom. The number of para-hydroxylation sites is 1.